The summed E-state index contributed by atoms with van der Waals surface area (Å²) in [5, 5.41) is 3.34. The van der Waals surface area contributed by atoms with Crippen LogP contribution in [-0.2, 0) is 4.74 Å². The molecule has 0 aliphatic heterocycles. The van der Waals surface area contributed by atoms with Crippen LogP contribution in [0.15, 0.2) is 28.9 Å². The number of aromatic nitrogens is 2. The number of benzene rings is 1. The van der Waals surface area contributed by atoms with Gasteiger partial charge in [-0.25, -0.2) is 4.98 Å². The van der Waals surface area contributed by atoms with Gasteiger partial charge in [0.25, 0.3) is 0 Å². The number of anilines is 2. The molecule has 1 aromatic carbocycles. The van der Waals surface area contributed by atoms with Crippen LogP contribution in [0.1, 0.15) is 18.7 Å². The molecule has 0 amide bonds. The van der Waals surface area contributed by atoms with E-state index in [9.17, 15) is 0 Å². The quantitative estimate of drug-likeness (QED) is 0.854. The summed E-state index contributed by atoms with van der Waals surface area (Å²) >= 11 is 3.49. The number of rotatable bonds is 6. The standard InChI is InChI=1S/C15H20BrN3O2/c1-10-8-19(11(2)9-20-3)15(17-10)18-12-5-6-14(21-4)13(16)7-12/h5-8,11H,9H2,1-4H3,(H,17,18). The Balaban J connectivity index is 2.25. The van der Waals surface area contributed by atoms with E-state index >= 15 is 0 Å². The van der Waals surface area contributed by atoms with Gasteiger partial charge in [-0.15, -0.1) is 0 Å². The fourth-order valence-electron chi connectivity index (χ4n) is 2.14. The van der Waals surface area contributed by atoms with Crippen molar-refractivity contribution in [3.8, 4) is 5.75 Å². The second-order valence-corrected chi connectivity index (χ2v) is 5.75. The third kappa shape index (κ3) is 3.77. The maximum Gasteiger partial charge on any atom is 0.207 e. The predicted molar refractivity (Wildman–Crippen MR) is 87.5 cm³/mol. The van der Waals surface area contributed by atoms with Crippen molar-refractivity contribution in [1.29, 1.82) is 0 Å². The summed E-state index contributed by atoms with van der Waals surface area (Å²) in [6.07, 6.45) is 2.02. The average molecular weight is 354 g/mol. The van der Waals surface area contributed by atoms with E-state index in [-0.39, 0.29) is 6.04 Å². The van der Waals surface area contributed by atoms with Gasteiger partial charge < -0.3 is 19.4 Å². The lowest BCUT2D eigenvalue weighted by molar-refractivity contribution is 0.163. The van der Waals surface area contributed by atoms with Crippen molar-refractivity contribution in [2.75, 3.05) is 26.1 Å². The third-order valence-electron chi connectivity index (χ3n) is 3.14. The van der Waals surface area contributed by atoms with Crippen LogP contribution in [0.3, 0.4) is 0 Å². The highest BCUT2D eigenvalue weighted by molar-refractivity contribution is 9.10. The highest BCUT2D eigenvalue weighted by atomic mass is 79.9. The second-order valence-electron chi connectivity index (χ2n) is 4.89. The second kappa shape index (κ2) is 6.95. The van der Waals surface area contributed by atoms with Gasteiger partial charge in [0.05, 0.1) is 29.9 Å². The first kappa shape index (κ1) is 15.9. The van der Waals surface area contributed by atoms with E-state index < -0.39 is 0 Å². The molecule has 0 saturated carbocycles. The molecule has 5 nitrogen and oxygen atoms in total. The number of methoxy groups -OCH3 is 2. The molecule has 0 radical (unpaired) electrons. The Morgan fingerprint density at radius 3 is 2.76 bits per heavy atom. The lowest BCUT2D eigenvalue weighted by Crippen LogP contribution is -2.12. The van der Waals surface area contributed by atoms with Crippen LogP contribution in [0.5, 0.6) is 5.75 Å². The largest absolute Gasteiger partial charge is 0.496 e. The van der Waals surface area contributed by atoms with Crippen molar-refractivity contribution in [2.45, 2.75) is 19.9 Å². The van der Waals surface area contributed by atoms with Crippen LogP contribution in [0.25, 0.3) is 0 Å². The molecule has 0 spiro atoms. The molecule has 2 aromatic rings. The first-order valence-electron chi connectivity index (χ1n) is 6.70. The lowest BCUT2D eigenvalue weighted by Gasteiger charge is -2.16. The molecular formula is C15H20BrN3O2. The van der Waals surface area contributed by atoms with E-state index in [1.165, 1.54) is 0 Å². The van der Waals surface area contributed by atoms with Crippen LogP contribution in [0.4, 0.5) is 11.6 Å². The average Bonchev–Trinajstić information content (AvgIpc) is 2.80. The maximum atomic E-state index is 5.24. The van der Waals surface area contributed by atoms with E-state index in [1.54, 1.807) is 14.2 Å². The van der Waals surface area contributed by atoms with Crippen molar-refractivity contribution in [3.05, 3.63) is 34.6 Å². The number of nitrogens with one attached hydrogen (secondary N) is 1. The Bertz CT molecular complexity index is 613. The zero-order valence-corrected chi connectivity index (χ0v) is 14.3. The molecule has 1 heterocycles. The van der Waals surface area contributed by atoms with Crippen molar-refractivity contribution in [1.82, 2.24) is 9.55 Å². The highest BCUT2D eigenvalue weighted by Gasteiger charge is 2.12. The Morgan fingerprint density at radius 1 is 1.38 bits per heavy atom. The number of hydrogen-bond acceptors (Lipinski definition) is 4. The monoisotopic (exact) mass is 353 g/mol. The molecule has 2 rings (SSSR count). The van der Waals surface area contributed by atoms with E-state index in [0.717, 1.165) is 27.6 Å². The normalized spacial score (nSPS) is 12.2. The van der Waals surface area contributed by atoms with Gasteiger partial charge >= 0.3 is 0 Å². The van der Waals surface area contributed by atoms with Gasteiger partial charge in [-0.3, -0.25) is 0 Å². The molecule has 1 atom stereocenters. The van der Waals surface area contributed by atoms with Crippen LogP contribution in [-0.4, -0.2) is 30.4 Å². The Labute approximate surface area is 133 Å². The highest BCUT2D eigenvalue weighted by Crippen LogP contribution is 2.29. The van der Waals surface area contributed by atoms with E-state index in [1.807, 2.05) is 31.3 Å². The Morgan fingerprint density at radius 2 is 2.14 bits per heavy atom. The molecule has 21 heavy (non-hydrogen) atoms. The molecule has 0 bridgehead atoms. The van der Waals surface area contributed by atoms with Crippen LogP contribution in [0.2, 0.25) is 0 Å². The minimum atomic E-state index is 0.209. The smallest absolute Gasteiger partial charge is 0.207 e. The molecule has 1 N–H and O–H groups in total. The van der Waals surface area contributed by atoms with Gasteiger partial charge in [0, 0.05) is 19.0 Å². The summed E-state index contributed by atoms with van der Waals surface area (Å²) < 4.78 is 13.4. The molecule has 1 aromatic heterocycles. The molecule has 0 aliphatic carbocycles. The zero-order valence-electron chi connectivity index (χ0n) is 12.7. The van der Waals surface area contributed by atoms with E-state index in [4.69, 9.17) is 9.47 Å². The first-order chi connectivity index (χ1) is 10.0. The SMILES string of the molecule is COCC(C)n1cc(C)nc1Nc1ccc(OC)c(Br)c1. The first-order valence-corrected chi connectivity index (χ1v) is 7.49. The maximum absolute atomic E-state index is 5.24. The Kier molecular flexibility index (Phi) is 5.25. The van der Waals surface area contributed by atoms with Gasteiger partial charge in [-0.2, -0.15) is 0 Å². The molecular weight excluding hydrogens is 334 g/mol. The number of aryl methyl sites for hydroxylation is 1. The van der Waals surface area contributed by atoms with Crippen LogP contribution in [0, 0.1) is 6.92 Å². The predicted octanol–water partition coefficient (Wildman–Crippen LogP) is 3.91. The minimum absolute atomic E-state index is 0.209. The molecule has 0 aliphatic rings. The fraction of sp³-hybridized carbons (Fsp3) is 0.400. The van der Waals surface area contributed by atoms with Gasteiger partial charge in [-0.1, -0.05) is 0 Å². The molecule has 114 valence electrons. The number of hydrogen-bond donors (Lipinski definition) is 1. The van der Waals surface area contributed by atoms with Crippen molar-refractivity contribution in [2.24, 2.45) is 0 Å². The Hall–Kier alpha value is -1.53. The summed E-state index contributed by atoms with van der Waals surface area (Å²) in [7, 11) is 3.35. The fourth-order valence-corrected chi connectivity index (χ4v) is 2.68. The van der Waals surface area contributed by atoms with Crippen molar-refractivity contribution < 1.29 is 9.47 Å². The lowest BCUT2D eigenvalue weighted by atomic mass is 10.3. The summed E-state index contributed by atoms with van der Waals surface area (Å²) in [4.78, 5) is 4.53. The molecule has 6 heteroatoms. The van der Waals surface area contributed by atoms with E-state index in [2.05, 4.69) is 37.7 Å². The number of nitrogens with zero attached hydrogens (tertiary/aromatic N) is 2. The number of ether oxygens (including phenoxy) is 2. The van der Waals surface area contributed by atoms with Crippen molar-refractivity contribution >= 4 is 27.6 Å². The number of halogens is 1. The minimum Gasteiger partial charge on any atom is -0.496 e. The van der Waals surface area contributed by atoms with Gasteiger partial charge in [0.15, 0.2) is 0 Å². The molecule has 1 unspecified atom stereocenters. The van der Waals surface area contributed by atoms with Gasteiger partial charge in [0.2, 0.25) is 5.95 Å². The summed E-state index contributed by atoms with van der Waals surface area (Å²) in [6.45, 7) is 4.71. The van der Waals surface area contributed by atoms with Crippen molar-refractivity contribution in [3.63, 3.8) is 0 Å². The third-order valence-corrected chi connectivity index (χ3v) is 3.76. The summed E-state index contributed by atoms with van der Waals surface area (Å²) in [5.74, 6) is 1.60. The molecule has 0 saturated heterocycles. The van der Waals surface area contributed by atoms with Gasteiger partial charge in [-0.05, 0) is 48.0 Å². The summed E-state index contributed by atoms with van der Waals surface area (Å²) in [5.41, 5.74) is 1.91. The van der Waals surface area contributed by atoms with Crippen LogP contribution >= 0.6 is 15.9 Å². The molecule has 0 fully saturated rings. The zero-order chi connectivity index (χ0) is 15.4. The number of imidazole rings is 1. The van der Waals surface area contributed by atoms with E-state index in [0.29, 0.717) is 6.61 Å². The van der Waals surface area contributed by atoms with Gasteiger partial charge in [0.1, 0.15) is 5.75 Å². The van der Waals surface area contributed by atoms with Crippen LogP contribution < -0.4 is 10.1 Å². The topological polar surface area (TPSA) is 48.3 Å². The summed E-state index contributed by atoms with van der Waals surface area (Å²) in [6, 6.07) is 6.04.